The molecule has 0 bridgehead atoms. The highest BCUT2D eigenvalue weighted by Gasteiger charge is 2.14. The molecule has 0 spiro atoms. The second kappa shape index (κ2) is 7.49. The highest BCUT2D eigenvalue weighted by atomic mass is 79.9. The van der Waals surface area contributed by atoms with E-state index >= 15 is 0 Å². The zero-order valence-electron chi connectivity index (χ0n) is 13.4. The third-order valence-electron chi connectivity index (χ3n) is 3.32. The van der Waals surface area contributed by atoms with Gasteiger partial charge in [-0.25, -0.2) is 18.7 Å². The van der Waals surface area contributed by atoms with Crippen molar-refractivity contribution in [2.24, 2.45) is 0 Å². The van der Waals surface area contributed by atoms with Crippen LogP contribution in [-0.2, 0) is 6.42 Å². The van der Waals surface area contributed by atoms with Crippen molar-refractivity contribution in [3.63, 3.8) is 0 Å². The molecular formula is C17H15BrF2N4. The van der Waals surface area contributed by atoms with Crippen LogP contribution in [0.4, 0.5) is 8.78 Å². The summed E-state index contributed by atoms with van der Waals surface area (Å²) in [4.78, 5) is 8.35. The fraction of sp³-hybridized carbons (Fsp3) is 0.235. The van der Waals surface area contributed by atoms with Crippen molar-refractivity contribution in [1.82, 2.24) is 14.4 Å². The Morgan fingerprint density at radius 2 is 1.96 bits per heavy atom. The lowest BCUT2D eigenvalue weighted by atomic mass is 10.1. The first-order valence-corrected chi connectivity index (χ1v) is 8.16. The Hall–Kier alpha value is -2.33. The number of halogens is 3. The molecule has 3 aromatic rings. The van der Waals surface area contributed by atoms with Crippen LogP contribution in [0, 0.1) is 29.9 Å². The van der Waals surface area contributed by atoms with Gasteiger partial charge in [0.25, 0.3) is 0 Å². The summed E-state index contributed by atoms with van der Waals surface area (Å²) in [6, 6.07) is 4.25. The van der Waals surface area contributed by atoms with Gasteiger partial charge in [-0.05, 0) is 46.1 Å². The molecule has 7 heteroatoms. The number of benzene rings is 1. The number of nitrogens with zero attached hydrogens (tertiary/aromatic N) is 4. The van der Waals surface area contributed by atoms with Gasteiger partial charge >= 0.3 is 0 Å². The summed E-state index contributed by atoms with van der Waals surface area (Å²) >= 11 is 3.31. The molecule has 0 aliphatic rings. The smallest absolute Gasteiger partial charge is 0.159 e. The summed E-state index contributed by atoms with van der Waals surface area (Å²) in [5, 5.41) is 9.06. The Balaban J connectivity index is 0.00000100. The molecule has 0 atom stereocenters. The van der Waals surface area contributed by atoms with Crippen LogP contribution in [-0.4, -0.2) is 14.4 Å². The quantitative estimate of drug-likeness (QED) is 0.641. The van der Waals surface area contributed by atoms with Gasteiger partial charge in [-0.1, -0.05) is 13.8 Å². The van der Waals surface area contributed by atoms with Crippen LogP contribution in [0.15, 0.2) is 29.1 Å². The van der Waals surface area contributed by atoms with Crippen molar-refractivity contribution in [2.45, 2.75) is 27.2 Å². The van der Waals surface area contributed by atoms with Gasteiger partial charge in [0.15, 0.2) is 11.3 Å². The lowest BCUT2D eigenvalue weighted by Crippen LogP contribution is -2.03. The molecule has 2 aromatic heterocycles. The largest absolute Gasteiger partial charge is 0.290 e. The van der Waals surface area contributed by atoms with Gasteiger partial charge < -0.3 is 0 Å². The molecule has 3 rings (SSSR count). The van der Waals surface area contributed by atoms with E-state index in [1.165, 1.54) is 13.1 Å². The predicted octanol–water partition coefficient (Wildman–Crippen LogP) is 4.57. The molecule has 0 fully saturated rings. The van der Waals surface area contributed by atoms with Crippen molar-refractivity contribution in [3.05, 3.63) is 63.3 Å². The number of nitriles is 1. The monoisotopic (exact) mass is 392 g/mol. The van der Waals surface area contributed by atoms with Crippen molar-refractivity contribution in [2.75, 3.05) is 0 Å². The third-order valence-corrected chi connectivity index (χ3v) is 3.90. The molecule has 4 nitrogen and oxygen atoms in total. The Kier molecular flexibility index (Phi) is 5.62. The maximum absolute atomic E-state index is 14.0. The first-order chi connectivity index (χ1) is 11.5. The number of imidazole rings is 1. The second-order valence-electron chi connectivity index (χ2n) is 4.83. The van der Waals surface area contributed by atoms with E-state index in [2.05, 4.69) is 25.9 Å². The van der Waals surface area contributed by atoms with Gasteiger partial charge in [-0.15, -0.1) is 0 Å². The number of aryl methyl sites for hydroxylation is 1. The van der Waals surface area contributed by atoms with E-state index in [-0.39, 0.29) is 23.2 Å². The van der Waals surface area contributed by atoms with E-state index in [1.54, 1.807) is 10.6 Å². The zero-order valence-corrected chi connectivity index (χ0v) is 15.0. The summed E-state index contributed by atoms with van der Waals surface area (Å²) in [7, 11) is 0. The highest BCUT2D eigenvalue weighted by molar-refractivity contribution is 9.10. The van der Waals surface area contributed by atoms with Crippen LogP contribution in [0.1, 0.15) is 36.4 Å². The average molecular weight is 393 g/mol. The molecule has 0 saturated heterocycles. The minimum absolute atomic E-state index is 0.0471. The van der Waals surface area contributed by atoms with Crippen molar-refractivity contribution in [3.8, 4) is 6.07 Å². The van der Waals surface area contributed by atoms with Crippen molar-refractivity contribution >= 4 is 21.6 Å². The molecule has 0 radical (unpaired) electrons. The fourth-order valence-electron chi connectivity index (χ4n) is 2.20. The maximum Gasteiger partial charge on any atom is 0.159 e. The number of rotatable bonds is 2. The SMILES string of the molecule is CC.Cc1cc(F)c(Cc2nc(C#N)cn3c(Br)cnc23)cc1F. The number of hydrogen-bond donors (Lipinski definition) is 0. The second-order valence-corrected chi connectivity index (χ2v) is 5.64. The van der Waals surface area contributed by atoms with Crippen LogP contribution in [0.2, 0.25) is 0 Å². The van der Waals surface area contributed by atoms with Crippen molar-refractivity contribution < 1.29 is 8.78 Å². The van der Waals surface area contributed by atoms with Crippen molar-refractivity contribution in [1.29, 1.82) is 5.26 Å². The lowest BCUT2D eigenvalue weighted by molar-refractivity contribution is 0.581. The number of fused-ring (bicyclic) bond motifs is 1. The minimum Gasteiger partial charge on any atom is -0.290 e. The van der Waals surface area contributed by atoms with E-state index in [0.29, 0.717) is 15.9 Å². The van der Waals surface area contributed by atoms with Gasteiger partial charge in [-0.2, -0.15) is 5.26 Å². The molecule has 0 aliphatic carbocycles. The fourth-order valence-corrected chi connectivity index (χ4v) is 2.57. The van der Waals surface area contributed by atoms with Crippen LogP contribution in [0.3, 0.4) is 0 Å². The van der Waals surface area contributed by atoms with Gasteiger partial charge in [0.2, 0.25) is 0 Å². The molecular weight excluding hydrogens is 378 g/mol. The first kappa shape index (κ1) is 18.0. The standard InChI is InChI=1S/C15H9BrF2N4.C2H6/c1-8-2-12(18)9(3-11(8)17)4-13-15-20-6-14(16)22(15)7-10(5-19)21-13;1-2/h2-3,6-7H,4H2,1H3;1-2H3. The molecule has 0 N–H and O–H groups in total. The van der Waals surface area contributed by atoms with Crippen LogP contribution in [0.5, 0.6) is 0 Å². The van der Waals surface area contributed by atoms with Gasteiger partial charge in [0.1, 0.15) is 22.3 Å². The molecule has 24 heavy (non-hydrogen) atoms. The summed E-state index contributed by atoms with van der Waals surface area (Å²) < 4.78 is 30.0. The van der Waals surface area contributed by atoms with Crippen LogP contribution < -0.4 is 0 Å². The normalized spacial score (nSPS) is 10.2. The molecule has 0 saturated carbocycles. The Morgan fingerprint density at radius 1 is 1.25 bits per heavy atom. The lowest BCUT2D eigenvalue weighted by Gasteiger charge is -2.07. The highest BCUT2D eigenvalue weighted by Crippen LogP contribution is 2.21. The number of hydrogen-bond acceptors (Lipinski definition) is 3. The van der Waals surface area contributed by atoms with E-state index in [4.69, 9.17) is 5.26 Å². The summed E-state index contributed by atoms with van der Waals surface area (Å²) in [6.07, 6.45) is 3.14. The molecule has 0 unspecified atom stereocenters. The van der Waals surface area contributed by atoms with E-state index in [9.17, 15) is 8.78 Å². The third kappa shape index (κ3) is 3.44. The predicted molar refractivity (Wildman–Crippen MR) is 90.7 cm³/mol. The van der Waals surface area contributed by atoms with Gasteiger partial charge in [0.05, 0.1) is 11.9 Å². The average Bonchev–Trinajstić information content (AvgIpc) is 2.96. The summed E-state index contributed by atoms with van der Waals surface area (Å²) in [5.41, 5.74) is 1.49. The molecule has 124 valence electrons. The van der Waals surface area contributed by atoms with E-state index in [1.807, 2.05) is 19.9 Å². The molecule has 0 amide bonds. The van der Waals surface area contributed by atoms with E-state index in [0.717, 1.165) is 12.1 Å². The zero-order chi connectivity index (χ0) is 17.9. The van der Waals surface area contributed by atoms with Gasteiger partial charge in [0, 0.05) is 12.6 Å². The molecule has 2 heterocycles. The van der Waals surface area contributed by atoms with Gasteiger partial charge in [-0.3, -0.25) is 4.40 Å². The Labute approximate surface area is 146 Å². The molecule has 1 aromatic carbocycles. The summed E-state index contributed by atoms with van der Waals surface area (Å²) in [6.45, 7) is 5.50. The van der Waals surface area contributed by atoms with E-state index < -0.39 is 11.6 Å². The van der Waals surface area contributed by atoms with Crippen LogP contribution in [0.25, 0.3) is 5.65 Å². The Bertz CT molecular complexity index is 928. The molecule has 0 aliphatic heterocycles. The summed E-state index contributed by atoms with van der Waals surface area (Å²) in [5.74, 6) is -0.986. The Morgan fingerprint density at radius 3 is 2.62 bits per heavy atom. The maximum atomic E-state index is 14.0. The number of aromatic nitrogens is 3. The first-order valence-electron chi connectivity index (χ1n) is 7.36. The minimum atomic E-state index is -0.508. The van der Waals surface area contributed by atoms with Crippen LogP contribution >= 0.6 is 15.9 Å². The topological polar surface area (TPSA) is 54.0 Å².